The van der Waals surface area contributed by atoms with Crippen LogP contribution in [0.4, 0.5) is 11.4 Å². The van der Waals surface area contributed by atoms with Crippen LogP contribution in [0, 0.1) is 0 Å². The third kappa shape index (κ3) is 5.94. The quantitative estimate of drug-likeness (QED) is 0.242. The van der Waals surface area contributed by atoms with Gasteiger partial charge in [-0.2, -0.15) is 0 Å². The topological polar surface area (TPSA) is 3.24 Å². The average molecular weight is 504 g/mol. The van der Waals surface area contributed by atoms with Gasteiger partial charge in [-0.3, -0.25) is 0 Å². The second-order valence-corrected chi connectivity index (χ2v) is 10.1. The maximum Gasteiger partial charge on any atom is 0.0461 e. The van der Waals surface area contributed by atoms with E-state index in [0.29, 0.717) is 0 Å². The van der Waals surface area contributed by atoms with Gasteiger partial charge >= 0.3 is 0 Å². The van der Waals surface area contributed by atoms with E-state index in [4.69, 9.17) is 0 Å². The van der Waals surface area contributed by atoms with Crippen molar-refractivity contribution < 1.29 is 0 Å². The molecule has 0 amide bonds. The number of hydrogen-bond acceptors (Lipinski definition) is 1. The Labute approximate surface area is 232 Å². The lowest BCUT2D eigenvalue weighted by Gasteiger charge is -2.27. The molecule has 0 N–H and O–H groups in total. The van der Waals surface area contributed by atoms with Crippen LogP contribution >= 0.6 is 0 Å². The van der Waals surface area contributed by atoms with E-state index in [0.717, 1.165) is 25.7 Å². The fraction of sp³-hybridized carbons (Fsp3) is 0.105. The molecular formula is C38H33N. The fourth-order valence-corrected chi connectivity index (χ4v) is 5.27. The molecule has 0 aliphatic heterocycles. The van der Waals surface area contributed by atoms with Crippen molar-refractivity contribution >= 4 is 23.0 Å². The molecule has 0 aromatic heterocycles. The summed E-state index contributed by atoms with van der Waals surface area (Å²) in [5, 5.41) is 0. The van der Waals surface area contributed by atoms with Gasteiger partial charge in [-0.25, -0.2) is 0 Å². The van der Waals surface area contributed by atoms with E-state index in [1.54, 1.807) is 0 Å². The zero-order chi connectivity index (χ0) is 26.3. The summed E-state index contributed by atoms with van der Waals surface area (Å²) in [6.07, 6.45) is 20.2. The fourth-order valence-electron chi connectivity index (χ4n) is 5.27. The summed E-state index contributed by atoms with van der Waals surface area (Å²) in [7, 11) is 0. The molecule has 2 aliphatic carbocycles. The van der Waals surface area contributed by atoms with Crippen LogP contribution in [0.1, 0.15) is 36.8 Å². The highest BCUT2D eigenvalue weighted by atomic mass is 15.1. The van der Waals surface area contributed by atoms with Crippen molar-refractivity contribution in [1.29, 1.82) is 0 Å². The molecule has 4 aromatic rings. The zero-order valence-corrected chi connectivity index (χ0v) is 22.2. The molecule has 0 bridgehead atoms. The van der Waals surface area contributed by atoms with Crippen LogP contribution in [0.25, 0.3) is 22.8 Å². The summed E-state index contributed by atoms with van der Waals surface area (Å²) < 4.78 is 0. The Bertz CT molecular complexity index is 1550. The third-order valence-electron chi connectivity index (χ3n) is 7.43. The van der Waals surface area contributed by atoms with E-state index in [-0.39, 0.29) is 0 Å². The van der Waals surface area contributed by atoms with Crippen molar-refractivity contribution in [1.82, 2.24) is 0 Å². The highest BCUT2D eigenvalue weighted by Crippen LogP contribution is 2.33. The normalized spacial score (nSPS) is 15.0. The molecule has 39 heavy (non-hydrogen) atoms. The van der Waals surface area contributed by atoms with Gasteiger partial charge in [0.15, 0.2) is 0 Å². The maximum absolute atomic E-state index is 2.34. The number of para-hydroxylation sites is 1. The van der Waals surface area contributed by atoms with Gasteiger partial charge in [0.1, 0.15) is 0 Å². The van der Waals surface area contributed by atoms with Gasteiger partial charge in [0.2, 0.25) is 0 Å². The number of hydrogen-bond donors (Lipinski definition) is 0. The number of rotatable bonds is 7. The number of benzene rings is 4. The number of nitrogens with zero attached hydrogens (tertiary/aromatic N) is 1. The molecule has 0 radical (unpaired) electrons. The van der Waals surface area contributed by atoms with Crippen LogP contribution in [0.5, 0.6) is 0 Å². The lowest BCUT2D eigenvalue weighted by molar-refractivity contribution is 0.997. The first-order valence-electron chi connectivity index (χ1n) is 13.9. The van der Waals surface area contributed by atoms with Crippen LogP contribution in [-0.2, 0) is 0 Å². The van der Waals surface area contributed by atoms with Crippen molar-refractivity contribution in [3.8, 4) is 11.1 Å². The van der Waals surface area contributed by atoms with Crippen LogP contribution in [-0.4, -0.2) is 0 Å². The second-order valence-electron chi connectivity index (χ2n) is 10.1. The molecule has 0 atom stereocenters. The van der Waals surface area contributed by atoms with Gasteiger partial charge in [-0.05, 0) is 89.4 Å². The number of allylic oxidation sites excluding steroid dienone is 8. The molecule has 0 heterocycles. The summed E-state index contributed by atoms with van der Waals surface area (Å²) >= 11 is 0. The van der Waals surface area contributed by atoms with Gasteiger partial charge in [-0.15, -0.1) is 0 Å². The van der Waals surface area contributed by atoms with Gasteiger partial charge in [0, 0.05) is 17.1 Å². The molecule has 190 valence electrons. The number of anilines is 2. The Morgan fingerprint density at radius 2 is 1.21 bits per heavy atom. The van der Waals surface area contributed by atoms with Gasteiger partial charge in [-0.1, -0.05) is 121 Å². The summed E-state index contributed by atoms with van der Waals surface area (Å²) in [5.74, 6) is 0. The largest absolute Gasteiger partial charge is 0.311 e. The van der Waals surface area contributed by atoms with Crippen LogP contribution in [0.15, 0.2) is 157 Å². The van der Waals surface area contributed by atoms with E-state index >= 15 is 0 Å². The van der Waals surface area contributed by atoms with Crippen LogP contribution in [0.2, 0.25) is 0 Å². The molecule has 0 spiro atoms. The van der Waals surface area contributed by atoms with E-state index in [9.17, 15) is 0 Å². The summed E-state index contributed by atoms with van der Waals surface area (Å²) in [6.45, 7) is 0. The first-order valence-corrected chi connectivity index (χ1v) is 13.9. The van der Waals surface area contributed by atoms with Crippen molar-refractivity contribution in [3.63, 3.8) is 0 Å². The Balaban J connectivity index is 1.15. The standard InChI is InChI=1S/C38H33N/c1-4-10-32(11-5-1)34-24-26-35(27-25-34)33-22-18-30(19-23-33)16-17-31-20-28-38(29-21-31)39(36-12-6-2-7-13-36)37-14-8-3-9-15-37/h1-2,4-8,10-18,20-22,24-29H,3,9,19,23H2/b17-16+. The lowest BCUT2D eigenvalue weighted by atomic mass is 9.92. The SMILES string of the molecule is C1=CC(N(c2ccccc2)c2ccc(/C=C/C3=CC=C(c4ccc(-c5ccccc5)cc4)CC3)cc2)=CCC1. The molecule has 6 rings (SSSR count). The minimum absolute atomic E-state index is 1.06. The van der Waals surface area contributed by atoms with Crippen molar-refractivity contribution in [2.24, 2.45) is 0 Å². The Morgan fingerprint density at radius 3 is 1.87 bits per heavy atom. The third-order valence-corrected chi connectivity index (χ3v) is 7.43. The van der Waals surface area contributed by atoms with Crippen molar-refractivity contribution in [2.75, 3.05) is 4.90 Å². The Hall–Kier alpha value is -4.62. The van der Waals surface area contributed by atoms with E-state index in [1.807, 2.05) is 0 Å². The summed E-state index contributed by atoms with van der Waals surface area (Å²) in [4.78, 5) is 2.34. The minimum atomic E-state index is 1.06. The smallest absolute Gasteiger partial charge is 0.0461 e. The first-order chi connectivity index (χ1) is 19.3. The predicted molar refractivity (Wildman–Crippen MR) is 168 cm³/mol. The minimum Gasteiger partial charge on any atom is -0.311 e. The predicted octanol–water partition coefficient (Wildman–Crippen LogP) is 10.5. The summed E-state index contributed by atoms with van der Waals surface area (Å²) in [6, 6.07) is 39.0. The lowest BCUT2D eigenvalue weighted by Crippen LogP contribution is -2.16. The molecule has 4 aromatic carbocycles. The molecule has 0 fully saturated rings. The molecule has 1 nitrogen and oxygen atoms in total. The molecule has 0 unspecified atom stereocenters. The highest BCUT2D eigenvalue weighted by Gasteiger charge is 2.14. The molecule has 0 saturated heterocycles. The Kier molecular flexibility index (Phi) is 7.50. The monoisotopic (exact) mass is 503 g/mol. The van der Waals surface area contributed by atoms with Gasteiger partial charge in [0.05, 0.1) is 0 Å². The molecular weight excluding hydrogens is 470 g/mol. The summed E-state index contributed by atoms with van der Waals surface area (Å²) in [5.41, 5.74) is 11.4. The maximum atomic E-state index is 2.34. The van der Waals surface area contributed by atoms with Crippen molar-refractivity contribution in [3.05, 3.63) is 168 Å². The van der Waals surface area contributed by atoms with Crippen molar-refractivity contribution in [2.45, 2.75) is 25.7 Å². The highest BCUT2D eigenvalue weighted by molar-refractivity contribution is 5.74. The van der Waals surface area contributed by atoms with E-state index in [2.05, 4.69) is 157 Å². The molecule has 1 heteroatoms. The Morgan fingerprint density at radius 1 is 0.538 bits per heavy atom. The molecule has 0 saturated carbocycles. The molecule has 2 aliphatic rings. The van der Waals surface area contributed by atoms with Crippen LogP contribution in [0.3, 0.4) is 0 Å². The van der Waals surface area contributed by atoms with Gasteiger partial charge in [0.25, 0.3) is 0 Å². The second kappa shape index (κ2) is 11.8. The van der Waals surface area contributed by atoms with E-state index in [1.165, 1.54) is 50.5 Å². The van der Waals surface area contributed by atoms with Gasteiger partial charge < -0.3 is 4.90 Å². The van der Waals surface area contributed by atoms with E-state index < -0.39 is 0 Å². The average Bonchev–Trinajstić information content (AvgIpc) is 3.03. The first kappa shape index (κ1) is 24.7. The van der Waals surface area contributed by atoms with Crippen LogP contribution < -0.4 is 4.90 Å². The zero-order valence-electron chi connectivity index (χ0n) is 22.2.